The van der Waals surface area contributed by atoms with Crippen molar-refractivity contribution in [3.63, 3.8) is 0 Å². The lowest BCUT2D eigenvalue weighted by atomic mass is 10.2. The highest BCUT2D eigenvalue weighted by Crippen LogP contribution is 2.28. The van der Waals surface area contributed by atoms with Crippen LogP contribution in [0.25, 0.3) is 0 Å². The normalized spacial score (nSPS) is 14.1. The first-order valence-corrected chi connectivity index (χ1v) is 5.22. The summed E-state index contributed by atoms with van der Waals surface area (Å²) in [7, 11) is 3.21. The van der Waals surface area contributed by atoms with E-state index in [1.807, 2.05) is 13.8 Å². The summed E-state index contributed by atoms with van der Waals surface area (Å²) in [6.45, 7) is 3.83. The van der Waals surface area contributed by atoms with E-state index in [-0.39, 0.29) is 12.1 Å². The van der Waals surface area contributed by atoms with Gasteiger partial charge < -0.3 is 19.9 Å². The summed E-state index contributed by atoms with van der Waals surface area (Å²) in [5.74, 6) is 2.10. The minimum atomic E-state index is -0.0585. The van der Waals surface area contributed by atoms with E-state index in [2.05, 4.69) is 0 Å². The number of benzene rings is 1. The van der Waals surface area contributed by atoms with Crippen LogP contribution in [0.15, 0.2) is 18.2 Å². The Balaban J connectivity index is 2.86. The van der Waals surface area contributed by atoms with Crippen molar-refractivity contribution in [2.24, 2.45) is 5.73 Å². The van der Waals surface area contributed by atoms with Crippen LogP contribution in [0.1, 0.15) is 13.8 Å². The molecule has 4 heteroatoms. The second kappa shape index (κ2) is 5.61. The van der Waals surface area contributed by atoms with Crippen molar-refractivity contribution >= 4 is 0 Å². The van der Waals surface area contributed by atoms with Gasteiger partial charge in [-0.05, 0) is 13.8 Å². The van der Waals surface area contributed by atoms with Crippen molar-refractivity contribution in [1.82, 2.24) is 0 Å². The average Bonchev–Trinajstić information content (AvgIpc) is 2.28. The summed E-state index contributed by atoms with van der Waals surface area (Å²) in [6.07, 6.45) is -0.0585. The Bertz CT molecular complexity index is 317. The molecule has 0 fully saturated rings. The molecule has 0 saturated heterocycles. The number of rotatable bonds is 5. The second-order valence-electron chi connectivity index (χ2n) is 3.73. The number of hydrogen-bond acceptors (Lipinski definition) is 4. The Labute approximate surface area is 96.3 Å². The Morgan fingerprint density at radius 2 is 1.38 bits per heavy atom. The molecule has 1 unspecified atom stereocenters. The maximum absolute atomic E-state index is 5.74. The summed E-state index contributed by atoms with van der Waals surface area (Å²) in [4.78, 5) is 0. The quantitative estimate of drug-likeness (QED) is 0.830. The summed E-state index contributed by atoms with van der Waals surface area (Å²) in [5.41, 5.74) is 5.74. The van der Waals surface area contributed by atoms with Gasteiger partial charge in [0, 0.05) is 24.2 Å². The van der Waals surface area contributed by atoms with E-state index >= 15 is 0 Å². The third-order valence-electron chi connectivity index (χ3n) is 2.39. The lowest BCUT2D eigenvalue weighted by molar-refractivity contribution is 0.195. The maximum atomic E-state index is 5.74. The molecule has 0 aliphatic heterocycles. The molecule has 0 amide bonds. The van der Waals surface area contributed by atoms with Crippen LogP contribution >= 0.6 is 0 Å². The average molecular weight is 225 g/mol. The summed E-state index contributed by atoms with van der Waals surface area (Å²) < 4.78 is 16.0. The molecule has 2 atom stereocenters. The van der Waals surface area contributed by atoms with Gasteiger partial charge in [0.15, 0.2) is 0 Å². The highest BCUT2D eigenvalue weighted by Gasteiger charge is 2.10. The summed E-state index contributed by atoms with van der Waals surface area (Å²) in [5, 5.41) is 0. The van der Waals surface area contributed by atoms with Crippen LogP contribution in [0.2, 0.25) is 0 Å². The van der Waals surface area contributed by atoms with Gasteiger partial charge in [-0.2, -0.15) is 0 Å². The van der Waals surface area contributed by atoms with E-state index in [0.29, 0.717) is 17.2 Å². The molecular formula is C12H19NO3. The SMILES string of the molecule is COc1cc(OC)cc(OC(C)[C@@H](C)N)c1. The minimum Gasteiger partial charge on any atom is -0.496 e. The van der Waals surface area contributed by atoms with Gasteiger partial charge in [-0.1, -0.05) is 0 Å². The van der Waals surface area contributed by atoms with E-state index in [1.54, 1.807) is 32.4 Å². The van der Waals surface area contributed by atoms with Gasteiger partial charge in [0.05, 0.1) is 14.2 Å². The number of methoxy groups -OCH3 is 2. The van der Waals surface area contributed by atoms with E-state index in [9.17, 15) is 0 Å². The van der Waals surface area contributed by atoms with Crippen molar-refractivity contribution in [3.8, 4) is 17.2 Å². The van der Waals surface area contributed by atoms with Gasteiger partial charge >= 0.3 is 0 Å². The summed E-state index contributed by atoms with van der Waals surface area (Å²) in [6, 6.07) is 5.38. The molecule has 0 aliphatic carbocycles. The van der Waals surface area contributed by atoms with E-state index in [1.165, 1.54) is 0 Å². The molecule has 1 rings (SSSR count). The maximum Gasteiger partial charge on any atom is 0.127 e. The molecule has 0 aliphatic rings. The highest BCUT2D eigenvalue weighted by atomic mass is 16.5. The van der Waals surface area contributed by atoms with Crippen LogP contribution in [-0.4, -0.2) is 26.4 Å². The van der Waals surface area contributed by atoms with Crippen LogP contribution in [0.3, 0.4) is 0 Å². The predicted octanol–water partition coefficient (Wildman–Crippen LogP) is 1.82. The molecule has 0 saturated carbocycles. The van der Waals surface area contributed by atoms with E-state index in [4.69, 9.17) is 19.9 Å². The topological polar surface area (TPSA) is 53.7 Å². The summed E-state index contributed by atoms with van der Waals surface area (Å²) >= 11 is 0. The first-order valence-electron chi connectivity index (χ1n) is 5.22. The Morgan fingerprint density at radius 3 is 1.75 bits per heavy atom. The van der Waals surface area contributed by atoms with Crippen LogP contribution in [0.4, 0.5) is 0 Å². The Morgan fingerprint density at radius 1 is 0.938 bits per heavy atom. The zero-order chi connectivity index (χ0) is 12.1. The molecule has 16 heavy (non-hydrogen) atoms. The molecule has 90 valence electrons. The molecule has 0 heterocycles. The lowest BCUT2D eigenvalue weighted by Gasteiger charge is -2.18. The molecule has 4 nitrogen and oxygen atoms in total. The third kappa shape index (κ3) is 3.31. The van der Waals surface area contributed by atoms with Crippen molar-refractivity contribution in [2.45, 2.75) is 26.0 Å². The van der Waals surface area contributed by atoms with Gasteiger partial charge in [-0.25, -0.2) is 0 Å². The standard InChI is InChI=1S/C12H19NO3/c1-8(13)9(2)16-12-6-10(14-3)5-11(7-12)15-4/h5-9H,13H2,1-4H3/t8-,9?/m1/s1. The number of ether oxygens (including phenoxy) is 3. The van der Waals surface area contributed by atoms with Crippen LogP contribution < -0.4 is 19.9 Å². The zero-order valence-electron chi connectivity index (χ0n) is 10.2. The molecule has 0 spiro atoms. The fraction of sp³-hybridized carbons (Fsp3) is 0.500. The van der Waals surface area contributed by atoms with Crippen molar-refractivity contribution in [3.05, 3.63) is 18.2 Å². The van der Waals surface area contributed by atoms with Gasteiger partial charge in [-0.3, -0.25) is 0 Å². The molecule has 2 N–H and O–H groups in total. The minimum absolute atomic E-state index is 0.0304. The fourth-order valence-corrected chi connectivity index (χ4v) is 1.17. The Hall–Kier alpha value is -1.42. The van der Waals surface area contributed by atoms with E-state index in [0.717, 1.165) is 0 Å². The molecule has 1 aromatic carbocycles. The van der Waals surface area contributed by atoms with Crippen LogP contribution in [0.5, 0.6) is 17.2 Å². The third-order valence-corrected chi connectivity index (χ3v) is 2.39. The van der Waals surface area contributed by atoms with Crippen molar-refractivity contribution in [1.29, 1.82) is 0 Å². The Kier molecular flexibility index (Phi) is 4.43. The molecular weight excluding hydrogens is 206 g/mol. The lowest BCUT2D eigenvalue weighted by Crippen LogP contribution is -2.33. The van der Waals surface area contributed by atoms with Gasteiger partial charge in [-0.15, -0.1) is 0 Å². The van der Waals surface area contributed by atoms with Gasteiger partial charge in [0.2, 0.25) is 0 Å². The molecule has 1 aromatic rings. The molecule has 0 radical (unpaired) electrons. The van der Waals surface area contributed by atoms with Gasteiger partial charge in [0.1, 0.15) is 23.4 Å². The first kappa shape index (κ1) is 12.6. The van der Waals surface area contributed by atoms with Crippen molar-refractivity contribution in [2.75, 3.05) is 14.2 Å². The zero-order valence-corrected chi connectivity index (χ0v) is 10.2. The van der Waals surface area contributed by atoms with Crippen LogP contribution in [-0.2, 0) is 0 Å². The monoisotopic (exact) mass is 225 g/mol. The highest BCUT2D eigenvalue weighted by molar-refractivity contribution is 5.42. The second-order valence-corrected chi connectivity index (χ2v) is 3.73. The largest absolute Gasteiger partial charge is 0.496 e. The number of nitrogens with two attached hydrogens (primary N) is 1. The van der Waals surface area contributed by atoms with E-state index < -0.39 is 0 Å². The molecule has 0 aromatic heterocycles. The number of hydrogen-bond donors (Lipinski definition) is 1. The fourth-order valence-electron chi connectivity index (χ4n) is 1.17. The smallest absolute Gasteiger partial charge is 0.127 e. The van der Waals surface area contributed by atoms with Crippen molar-refractivity contribution < 1.29 is 14.2 Å². The first-order chi connectivity index (χ1) is 7.56. The predicted molar refractivity (Wildman–Crippen MR) is 63.3 cm³/mol. The van der Waals surface area contributed by atoms with Gasteiger partial charge in [0.25, 0.3) is 0 Å². The van der Waals surface area contributed by atoms with Crippen LogP contribution in [0, 0.1) is 0 Å². The molecule has 0 bridgehead atoms.